The lowest BCUT2D eigenvalue weighted by atomic mass is 10.4. The Morgan fingerprint density at radius 3 is 2.71 bits per heavy atom. The molecule has 1 aromatic rings. The number of aliphatic hydroxyl groups is 1. The van der Waals surface area contributed by atoms with Gasteiger partial charge in [-0.1, -0.05) is 0 Å². The summed E-state index contributed by atoms with van der Waals surface area (Å²) in [5.41, 5.74) is -0.376. The fourth-order valence-electron chi connectivity index (χ4n) is 0.932. The zero-order valence-electron chi connectivity index (χ0n) is 7.26. The van der Waals surface area contributed by atoms with Crippen molar-refractivity contribution >= 4 is 22.6 Å². The van der Waals surface area contributed by atoms with Crippen LogP contribution in [-0.2, 0) is 6.54 Å². The molecule has 0 fully saturated rings. The summed E-state index contributed by atoms with van der Waals surface area (Å²) >= 11 is 1.86. The van der Waals surface area contributed by atoms with Gasteiger partial charge in [-0.15, -0.1) is 0 Å². The van der Waals surface area contributed by atoms with Crippen LogP contribution in [0.2, 0.25) is 0 Å². The van der Waals surface area contributed by atoms with Crippen LogP contribution in [0, 0.1) is 3.57 Å². The first kappa shape index (κ1) is 11.4. The second-order valence-electron chi connectivity index (χ2n) is 2.60. The molecule has 0 aliphatic carbocycles. The van der Waals surface area contributed by atoms with Crippen LogP contribution in [0.5, 0.6) is 0 Å². The van der Waals surface area contributed by atoms with Crippen LogP contribution in [0.3, 0.4) is 0 Å². The Balaban J connectivity index is 2.86. The van der Waals surface area contributed by atoms with Gasteiger partial charge in [0.2, 0.25) is 0 Å². The van der Waals surface area contributed by atoms with Gasteiger partial charge in [-0.2, -0.15) is 0 Å². The lowest BCUT2D eigenvalue weighted by molar-refractivity contribution is 0.291. The van der Waals surface area contributed by atoms with Gasteiger partial charge >= 0.3 is 5.69 Å². The van der Waals surface area contributed by atoms with Gasteiger partial charge in [0.15, 0.2) is 0 Å². The molecule has 6 nitrogen and oxygen atoms in total. The maximum absolute atomic E-state index is 11.1. The van der Waals surface area contributed by atoms with Crippen LogP contribution in [0.15, 0.2) is 9.59 Å². The molecule has 1 heterocycles. The number of H-pyrrole nitrogens is 2. The average Bonchev–Trinajstić information content (AvgIpc) is 2.13. The largest absolute Gasteiger partial charge is 0.395 e. The van der Waals surface area contributed by atoms with Crippen LogP contribution < -0.4 is 16.6 Å². The molecule has 0 unspecified atom stereocenters. The van der Waals surface area contributed by atoms with Crippen LogP contribution in [0.1, 0.15) is 5.69 Å². The van der Waals surface area contributed by atoms with E-state index in [-0.39, 0.29) is 6.61 Å². The molecule has 0 aromatic carbocycles. The minimum atomic E-state index is -0.517. The predicted molar refractivity (Wildman–Crippen MR) is 59.2 cm³/mol. The highest BCUT2D eigenvalue weighted by atomic mass is 127. The maximum atomic E-state index is 11.1. The predicted octanol–water partition coefficient (Wildman–Crippen LogP) is -1.25. The first-order valence-electron chi connectivity index (χ1n) is 3.97. The SMILES string of the molecule is O=c1[nH]c(CNCCO)c(I)c(=O)[nH]1. The average molecular weight is 311 g/mol. The van der Waals surface area contributed by atoms with Crippen LogP contribution >= 0.6 is 22.6 Å². The van der Waals surface area contributed by atoms with Gasteiger partial charge in [-0.3, -0.25) is 9.78 Å². The summed E-state index contributed by atoms with van der Waals surface area (Å²) in [5.74, 6) is 0. The summed E-state index contributed by atoms with van der Waals surface area (Å²) in [6.07, 6.45) is 0. The van der Waals surface area contributed by atoms with Crippen LogP contribution in [0.4, 0.5) is 0 Å². The van der Waals surface area contributed by atoms with Crippen molar-refractivity contribution in [3.05, 3.63) is 30.1 Å². The maximum Gasteiger partial charge on any atom is 0.325 e. The number of hydrogen-bond acceptors (Lipinski definition) is 4. The Labute approximate surface area is 92.9 Å². The summed E-state index contributed by atoms with van der Waals surface area (Å²) in [6, 6.07) is 0. The number of aromatic nitrogens is 2. The molecule has 0 atom stereocenters. The van der Waals surface area contributed by atoms with E-state index in [1.807, 2.05) is 22.6 Å². The zero-order chi connectivity index (χ0) is 10.6. The van der Waals surface area contributed by atoms with Gasteiger partial charge in [0.1, 0.15) is 0 Å². The van der Waals surface area contributed by atoms with Crippen molar-refractivity contribution in [2.24, 2.45) is 0 Å². The third-order valence-corrected chi connectivity index (χ3v) is 2.69. The third kappa shape index (κ3) is 2.93. The molecule has 0 saturated heterocycles. The van der Waals surface area contributed by atoms with E-state index in [0.717, 1.165) is 0 Å². The highest BCUT2D eigenvalue weighted by Gasteiger charge is 2.04. The lowest BCUT2D eigenvalue weighted by Crippen LogP contribution is -2.29. The molecule has 0 spiro atoms. The topological polar surface area (TPSA) is 98.0 Å². The molecule has 0 saturated carbocycles. The Bertz CT molecular complexity index is 411. The highest BCUT2D eigenvalue weighted by molar-refractivity contribution is 14.1. The number of aliphatic hydroxyl groups excluding tert-OH is 1. The number of nitrogens with one attached hydrogen (secondary N) is 3. The summed E-state index contributed by atoms with van der Waals surface area (Å²) in [4.78, 5) is 26.7. The summed E-state index contributed by atoms with van der Waals surface area (Å²) < 4.78 is 0.452. The monoisotopic (exact) mass is 311 g/mol. The first-order chi connectivity index (χ1) is 6.65. The molecule has 78 valence electrons. The van der Waals surface area contributed by atoms with E-state index in [4.69, 9.17) is 5.11 Å². The van der Waals surface area contributed by atoms with Crippen LogP contribution in [0.25, 0.3) is 0 Å². The van der Waals surface area contributed by atoms with Gasteiger partial charge in [0.05, 0.1) is 15.9 Å². The molecule has 1 rings (SSSR count). The van der Waals surface area contributed by atoms with Crippen LogP contribution in [-0.4, -0.2) is 28.2 Å². The van der Waals surface area contributed by atoms with Crippen molar-refractivity contribution in [1.82, 2.24) is 15.3 Å². The van der Waals surface area contributed by atoms with E-state index in [1.54, 1.807) is 0 Å². The molecule has 0 aliphatic heterocycles. The molecule has 14 heavy (non-hydrogen) atoms. The fraction of sp³-hybridized carbons (Fsp3) is 0.429. The first-order valence-corrected chi connectivity index (χ1v) is 5.05. The van der Waals surface area contributed by atoms with Gasteiger partial charge in [0, 0.05) is 13.1 Å². The minimum absolute atomic E-state index is 0.0179. The van der Waals surface area contributed by atoms with E-state index in [9.17, 15) is 9.59 Å². The van der Waals surface area contributed by atoms with Gasteiger partial charge in [-0.25, -0.2) is 4.79 Å². The molecule has 7 heteroatoms. The summed E-state index contributed by atoms with van der Waals surface area (Å²) in [5, 5.41) is 11.4. The fourth-order valence-corrected chi connectivity index (χ4v) is 1.39. The molecule has 0 amide bonds. The number of aromatic amines is 2. The van der Waals surface area contributed by atoms with Gasteiger partial charge < -0.3 is 15.4 Å². The third-order valence-electron chi connectivity index (χ3n) is 1.55. The summed E-state index contributed by atoms with van der Waals surface area (Å²) in [6.45, 7) is 0.799. The number of halogens is 1. The number of rotatable bonds is 4. The van der Waals surface area contributed by atoms with Crippen molar-refractivity contribution in [2.45, 2.75) is 6.54 Å². The van der Waals surface area contributed by atoms with E-state index >= 15 is 0 Å². The Morgan fingerprint density at radius 1 is 1.36 bits per heavy atom. The zero-order valence-corrected chi connectivity index (χ0v) is 9.42. The van der Waals surface area contributed by atoms with E-state index in [2.05, 4.69) is 15.3 Å². The highest BCUT2D eigenvalue weighted by Crippen LogP contribution is 2.00. The molecule has 0 bridgehead atoms. The molecular weight excluding hydrogens is 301 g/mol. The quantitative estimate of drug-likeness (QED) is 0.412. The standard InChI is InChI=1S/C7H10IN3O3/c8-5-4(3-9-1-2-12)10-7(14)11-6(5)13/h9,12H,1-3H2,(H2,10,11,13,14). The molecule has 1 aromatic heterocycles. The Hall–Kier alpha value is -0.670. The molecule has 4 N–H and O–H groups in total. The second-order valence-corrected chi connectivity index (χ2v) is 3.68. The summed E-state index contributed by atoms with van der Waals surface area (Å²) in [7, 11) is 0. The molecular formula is C7H10IN3O3. The Kier molecular flexibility index (Phi) is 4.29. The Morgan fingerprint density at radius 2 is 2.07 bits per heavy atom. The number of hydrogen-bond donors (Lipinski definition) is 4. The second kappa shape index (κ2) is 5.27. The van der Waals surface area contributed by atoms with E-state index in [0.29, 0.717) is 22.4 Å². The van der Waals surface area contributed by atoms with Gasteiger partial charge in [-0.05, 0) is 22.6 Å². The van der Waals surface area contributed by atoms with Crippen molar-refractivity contribution < 1.29 is 5.11 Å². The van der Waals surface area contributed by atoms with E-state index in [1.165, 1.54) is 0 Å². The van der Waals surface area contributed by atoms with Gasteiger partial charge in [0.25, 0.3) is 5.56 Å². The molecule has 0 aliphatic rings. The van der Waals surface area contributed by atoms with Crippen molar-refractivity contribution in [1.29, 1.82) is 0 Å². The smallest absolute Gasteiger partial charge is 0.325 e. The van der Waals surface area contributed by atoms with Crippen molar-refractivity contribution in [3.8, 4) is 0 Å². The molecule has 0 radical (unpaired) electrons. The van der Waals surface area contributed by atoms with E-state index < -0.39 is 11.2 Å². The minimum Gasteiger partial charge on any atom is -0.395 e. The van der Waals surface area contributed by atoms with Crippen molar-refractivity contribution in [2.75, 3.05) is 13.2 Å². The lowest BCUT2D eigenvalue weighted by Gasteiger charge is -2.03. The van der Waals surface area contributed by atoms with Crippen molar-refractivity contribution in [3.63, 3.8) is 0 Å². The normalized spacial score (nSPS) is 10.4.